The van der Waals surface area contributed by atoms with Crippen molar-refractivity contribution in [1.29, 1.82) is 0 Å². The van der Waals surface area contributed by atoms with Crippen LogP contribution in [-0.2, 0) is 9.53 Å². The highest BCUT2D eigenvalue weighted by Gasteiger charge is 1.96. The van der Waals surface area contributed by atoms with Crippen molar-refractivity contribution in [3.8, 4) is 0 Å². The van der Waals surface area contributed by atoms with Gasteiger partial charge in [-0.1, -0.05) is 0 Å². The molecule has 0 aliphatic heterocycles. The van der Waals surface area contributed by atoms with Gasteiger partial charge in [0.2, 0.25) is 0 Å². The van der Waals surface area contributed by atoms with E-state index in [4.69, 9.17) is 23.2 Å². The summed E-state index contributed by atoms with van der Waals surface area (Å²) in [5.41, 5.74) is 0. The monoisotopic (exact) mass is 184 g/mol. The molecule has 0 aliphatic carbocycles. The maximum absolute atomic E-state index is 9.63. The lowest BCUT2D eigenvalue weighted by Gasteiger charge is -1.99. The van der Waals surface area contributed by atoms with E-state index in [1.807, 2.05) is 0 Å². The molecule has 0 aliphatic rings. The van der Waals surface area contributed by atoms with Crippen molar-refractivity contribution in [3.05, 3.63) is 0 Å². The first-order valence-electron chi connectivity index (χ1n) is 3.10. The van der Waals surface area contributed by atoms with Crippen LogP contribution in [0.2, 0.25) is 0 Å². The second kappa shape index (κ2) is 7.16. The van der Waals surface area contributed by atoms with Gasteiger partial charge in [0.1, 0.15) is 4.84 Å². The summed E-state index contributed by atoms with van der Waals surface area (Å²) in [5.74, 6) is 0. The minimum absolute atomic E-state index is 0.295. The Kier molecular flexibility index (Phi) is 7.20. The number of halogens is 2. The SMILES string of the molecule is O=COCCCCC(Cl)Cl. The molecule has 0 radical (unpaired) electrons. The molecule has 0 saturated carbocycles. The van der Waals surface area contributed by atoms with Crippen molar-refractivity contribution >= 4 is 29.7 Å². The highest BCUT2D eigenvalue weighted by molar-refractivity contribution is 6.44. The van der Waals surface area contributed by atoms with Crippen LogP contribution in [-0.4, -0.2) is 17.9 Å². The Morgan fingerprint density at radius 1 is 1.40 bits per heavy atom. The molecule has 0 rings (SSSR count). The largest absolute Gasteiger partial charge is 0.468 e. The third-order valence-corrected chi connectivity index (χ3v) is 1.44. The Balaban J connectivity index is 2.83. The molecular weight excluding hydrogens is 175 g/mol. The zero-order chi connectivity index (χ0) is 7.82. The Labute approximate surface area is 70.4 Å². The van der Waals surface area contributed by atoms with E-state index in [-0.39, 0.29) is 4.84 Å². The van der Waals surface area contributed by atoms with E-state index in [1.165, 1.54) is 0 Å². The molecule has 0 bridgehead atoms. The van der Waals surface area contributed by atoms with Crippen LogP contribution in [0.15, 0.2) is 0 Å². The number of hydrogen-bond donors (Lipinski definition) is 0. The zero-order valence-corrected chi connectivity index (χ0v) is 7.07. The van der Waals surface area contributed by atoms with Gasteiger partial charge in [-0.25, -0.2) is 0 Å². The summed E-state index contributed by atoms with van der Waals surface area (Å²) in [6.07, 6.45) is 2.48. The first-order chi connectivity index (χ1) is 4.77. The number of ether oxygens (including phenoxy) is 1. The molecule has 60 valence electrons. The van der Waals surface area contributed by atoms with Gasteiger partial charge in [-0.2, -0.15) is 0 Å². The summed E-state index contributed by atoms with van der Waals surface area (Å²) in [6.45, 7) is 0.906. The van der Waals surface area contributed by atoms with Crippen LogP contribution in [0.3, 0.4) is 0 Å². The number of alkyl halides is 2. The second-order valence-corrected chi connectivity index (χ2v) is 3.13. The summed E-state index contributed by atoms with van der Waals surface area (Å²) >= 11 is 10.9. The molecule has 0 atom stereocenters. The molecule has 0 saturated heterocycles. The standard InChI is InChI=1S/C6H10Cl2O2/c7-6(8)3-1-2-4-10-5-9/h5-6H,1-4H2. The van der Waals surface area contributed by atoms with Crippen molar-refractivity contribution < 1.29 is 9.53 Å². The third kappa shape index (κ3) is 8.05. The third-order valence-electron chi connectivity index (χ3n) is 1.00. The van der Waals surface area contributed by atoms with E-state index >= 15 is 0 Å². The lowest BCUT2D eigenvalue weighted by Crippen LogP contribution is -1.93. The molecule has 0 amide bonds. The van der Waals surface area contributed by atoms with Gasteiger partial charge in [0.25, 0.3) is 6.47 Å². The fourth-order valence-corrected chi connectivity index (χ4v) is 0.841. The predicted molar refractivity (Wildman–Crippen MR) is 41.4 cm³/mol. The molecule has 0 N–H and O–H groups in total. The van der Waals surface area contributed by atoms with E-state index < -0.39 is 0 Å². The van der Waals surface area contributed by atoms with E-state index in [2.05, 4.69) is 4.74 Å². The van der Waals surface area contributed by atoms with Gasteiger partial charge in [0, 0.05) is 0 Å². The molecule has 0 unspecified atom stereocenters. The summed E-state index contributed by atoms with van der Waals surface area (Å²) < 4.78 is 4.45. The van der Waals surface area contributed by atoms with Gasteiger partial charge in [-0.15, -0.1) is 23.2 Å². The Bertz CT molecular complexity index is 85.8. The first kappa shape index (κ1) is 10.0. The summed E-state index contributed by atoms with van der Waals surface area (Å²) in [7, 11) is 0. The molecular formula is C6H10Cl2O2. The molecule has 0 fully saturated rings. The van der Waals surface area contributed by atoms with Crippen LogP contribution in [0.25, 0.3) is 0 Å². The average molecular weight is 185 g/mol. The van der Waals surface area contributed by atoms with Gasteiger partial charge in [0.15, 0.2) is 0 Å². The summed E-state index contributed by atoms with van der Waals surface area (Å²) in [5, 5.41) is 0. The maximum Gasteiger partial charge on any atom is 0.293 e. The van der Waals surface area contributed by atoms with Crippen LogP contribution in [0.5, 0.6) is 0 Å². The Morgan fingerprint density at radius 3 is 2.60 bits per heavy atom. The van der Waals surface area contributed by atoms with Crippen LogP contribution in [0, 0.1) is 0 Å². The van der Waals surface area contributed by atoms with E-state index in [9.17, 15) is 4.79 Å². The smallest absolute Gasteiger partial charge is 0.293 e. The summed E-state index contributed by atoms with van der Waals surface area (Å²) in [4.78, 5) is 9.33. The van der Waals surface area contributed by atoms with Crippen LogP contribution in [0.4, 0.5) is 0 Å². The number of carbonyl (C=O) groups is 1. The van der Waals surface area contributed by atoms with Crippen LogP contribution >= 0.6 is 23.2 Å². The number of rotatable bonds is 6. The molecule has 0 aromatic carbocycles. The van der Waals surface area contributed by atoms with E-state index in [1.54, 1.807) is 0 Å². The van der Waals surface area contributed by atoms with Crippen LogP contribution < -0.4 is 0 Å². The first-order valence-corrected chi connectivity index (χ1v) is 3.98. The Hall–Kier alpha value is 0.0500. The zero-order valence-electron chi connectivity index (χ0n) is 5.56. The summed E-state index contributed by atoms with van der Waals surface area (Å²) in [6, 6.07) is 0. The van der Waals surface area contributed by atoms with Gasteiger partial charge >= 0.3 is 0 Å². The molecule has 0 heterocycles. The molecule has 0 aromatic heterocycles. The second-order valence-electron chi connectivity index (χ2n) is 1.85. The fourth-order valence-electron chi connectivity index (χ4n) is 0.532. The fraction of sp³-hybridized carbons (Fsp3) is 0.833. The topological polar surface area (TPSA) is 26.3 Å². The van der Waals surface area contributed by atoms with Gasteiger partial charge in [-0.3, -0.25) is 4.79 Å². The minimum atomic E-state index is -0.295. The number of carbonyl (C=O) groups excluding carboxylic acids is 1. The molecule has 0 spiro atoms. The molecule has 0 aromatic rings. The van der Waals surface area contributed by atoms with Gasteiger partial charge in [0.05, 0.1) is 6.61 Å². The van der Waals surface area contributed by atoms with Crippen molar-refractivity contribution in [1.82, 2.24) is 0 Å². The maximum atomic E-state index is 9.63. The van der Waals surface area contributed by atoms with E-state index in [0.717, 1.165) is 19.3 Å². The minimum Gasteiger partial charge on any atom is -0.468 e. The van der Waals surface area contributed by atoms with Crippen molar-refractivity contribution in [2.45, 2.75) is 24.1 Å². The van der Waals surface area contributed by atoms with E-state index in [0.29, 0.717) is 13.1 Å². The van der Waals surface area contributed by atoms with Crippen LogP contribution in [0.1, 0.15) is 19.3 Å². The molecule has 2 nitrogen and oxygen atoms in total. The molecule has 10 heavy (non-hydrogen) atoms. The lowest BCUT2D eigenvalue weighted by molar-refractivity contribution is -0.128. The van der Waals surface area contributed by atoms with Gasteiger partial charge < -0.3 is 4.74 Å². The normalized spacial score (nSPS) is 9.90. The van der Waals surface area contributed by atoms with Crippen molar-refractivity contribution in [2.24, 2.45) is 0 Å². The molecule has 4 heteroatoms. The lowest BCUT2D eigenvalue weighted by atomic mass is 10.3. The number of unbranched alkanes of at least 4 members (excludes halogenated alkanes) is 1. The highest BCUT2D eigenvalue weighted by Crippen LogP contribution is 2.10. The average Bonchev–Trinajstić information content (AvgIpc) is 1.87. The predicted octanol–water partition coefficient (Wildman–Crippen LogP) is 2.13. The highest BCUT2D eigenvalue weighted by atomic mass is 35.5. The van der Waals surface area contributed by atoms with Gasteiger partial charge in [-0.05, 0) is 19.3 Å². The quantitative estimate of drug-likeness (QED) is 0.360. The van der Waals surface area contributed by atoms with Crippen molar-refractivity contribution in [2.75, 3.05) is 6.61 Å². The Morgan fingerprint density at radius 2 is 2.10 bits per heavy atom. The van der Waals surface area contributed by atoms with Crippen molar-refractivity contribution in [3.63, 3.8) is 0 Å². The number of hydrogen-bond acceptors (Lipinski definition) is 2.